The van der Waals surface area contributed by atoms with E-state index in [1.54, 1.807) is 24.5 Å². The van der Waals surface area contributed by atoms with Crippen molar-refractivity contribution in [3.8, 4) is 5.75 Å². The lowest BCUT2D eigenvalue weighted by Crippen LogP contribution is -2.27. The molecule has 1 heterocycles. The number of hydrogen-bond acceptors (Lipinski definition) is 3. The van der Waals surface area contributed by atoms with Crippen LogP contribution in [0.3, 0.4) is 0 Å². The van der Waals surface area contributed by atoms with Crippen molar-refractivity contribution >= 4 is 17.2 Å². The van der Waals surface area contributed by atoms with E-state index < -0.39 is 6.36 Å². The van der Waals surface area contributed by atoms with Crippen molar-refractivity contribution < 1.29 is 22.7 Å². The molecule has 2 rings (SSSR count). The summed E-state index contributed by atoms with van der Waals surface area (Å²) in [5.41, 5.74) is 0.316. The molecule has 0 unspecified atom stereocenters. The highest BCUT2D eigenvalue weighted by atomic mass is 32.1. The predicted molar refractivity (Wildman–Crippen MR) is 82.2 cm³/mol. The van der Waals surface area contributed by atoms with Crippen LogP contribution in [0.2, 0.25) is 0 Å². The van der Waals surface area contributed by atoms with E-state index in [1.165, 1.54) is 23.1 Å². The first-order valence-corrected chi connectivity index (χ1v) is 7.83. The fourth-order valence-electron chi connectivity index (χ4n) is 2.08. The average molecular weight is 343 g/mol. The molecule has 0 aliphatic carbocycles. The van der Waals surface area contributed by atoms with E-state index in [9.17, 15) is 18.0 Å². The van der Waals surface area contributed by atoms with Crippen molar-refractivity contribution in [3.05, 3.63) is 52.2 Å². The van der Waals surface area contributed by atoms with E-state index >= 15 is 0 Å². The number of thiophene rings is 1. The highest BCUT2D eigenvalue weighted by molar-refractivity contribution is 7.09. The first-order valence-electron chi connectivity index (χ1n) is 6.95. The molecule has 1 aromatic carbocycles. The van der Waals surface area contributed by atoms with Gasteiger partial charge in [-0.2, -0.15) is 0 Å². The van der Waals surface area contributed by atoms with Gasteiger partial charge in [0.1, 0.15) is 5.75 Å². The molecular weight excluding hydrogens is 327 g/mol. The van der Waals surface area contributed by atoms with Crippen molar-refractivity contribution in [2.75, 3.05) is 7.05 Å². The standard InChI is InChI=1S/C16H16F3NO2S/c1-20(15(21)9-8-13-6-4-10-23-13)11-12-5-2-3-7-14(12)22-16(17,18)19/h2-7,10H,8-9,11H2,1H3. The molecule has 23 heavy (non-hydrogen) atoms. The number of aryl methyl sites for hydroxylation is 1. The van der Waals surface area contributed by atoms with Gasteiger partial charge < -0.3 is 9.64 Å². The van der Waals surface area contributed by atoms with Gasteiger partial charge >= 0.3 is 6.36 Å². The first kappa shape index (κ1) is 17.3. The Balaban J connectivity index is 1.96. The fraction of sp³-hybridized carbons (Fsp3) is 0.312. The van der Waals surface area contributed by atoms with Gasteiger partial charge in [-0.05, 0) is 23.9 Å². The minimum Gasteiger partial charge on any atom is -0.405 e. The minimum atomic E-state index is -4.75. The molecule has 1 aromatic heterocycles. The second-order valence-electron chi connectivity index (χ2n) is 4.98. The summed E-state index contributed by atoms with van der Waals surface area (Å²) in [6, 6.07) is 9.70. The molecule has 0 saturated heterocycles. The molecule has 0 bridgehead atoms. The van der Waals surface area contributed by atoms with Crippen molar-refractivity contribution in [1.29, 1.82) is 0 Å². The summed E-state index contributed by atoms with van der Waals surface area (Å²) >= 11 is 1.57. The van der Waals surface area contributed by atoms with Crippen LogP contribution < -0.4 is 4.74 Å². The molecule has 7 heteroatoms. The number of amides is 1. The quantitative estimate of drug-likeness (QED) is 0.785. The zero-order valence-electron chi connectivity index (χ0n) is 12.5. The third kappa shape index (κ3) is 5.59. The smallest absolute Gasteiger partial charge is 0.405 e. The topological polar surface area (TPSA) is 29.5 Å². The van der Waals surface area contributed by atoms with Crippen LogP contribution in [0.1, 0.15) is 16.9 Å². The average Bonchev–Trinajstić information content (AvgIpc) is 2.98. The normalized spacial score (nSPS) is 11.3. The van der Waals surface area contributed by atoms with Crippen LogP contribution in [0, 0.1) is 0 Å². The fourth-order valence-corrected chi connectivity index (χ4v) is 2.79. The van der Waals surface area contributed by atoms with E-state index in [4.69, 9.17) is 0 Å². The van der Waals surface area contributed by atoms with Gasteiger partial charge in [0.25, 0.3) is 0 Å². The van der Waals surface area contributed by atoms with Gasteiger partial charge in [0.2, 0.25) is 5.91 Å². The molecule has 0 radical (unpaired) electrons. The number of carbonyl (C=O) groups is 1. The summed E-state index contributed by atoms with van der Waals surface area (Å²) in [5.74, 6) is -0.405. The number of hydrogen-bond donors (Lipinski definition) is 0. The lowest BCUT2D eigenvalue weighted by molar-refractivity contribution is -0.275. The second kappa shape index (κ2) is 7.50. The Morgan fingerprint density at radius 3 is 2.61 bits per heavy atom. The number of para-hydroxylation sites is 1. The Bertz CT molecular complexity index is 641. The van der Waals surface area contributed by atoms with Gasteiger partial charge in [0.05, 0.1) is 0 Å². The first-order chi connectivity index (χ1) is 10.8. The monoisotopic (exact) mass is 343 g/mol. The molecule has 0 spiro atoms. The third-order valence-electron chi connectivity index (χ3n) is 3.20. The van der Waals surface area contributed by atoms with Crippen LogP contribution >= 0.6 is 11.3 Å². The molecule has 1 amide bonds. The summed E-state index contributed by atoms with van der Waals surface area (Å²) in [5, 5.41) is 1.94. The van der Waals surface area contributed by atoms with Crippen LogP contribution in [0.4, 0.5) is 13.2 Å². The third-order valence-corrected chi connectivity index (χ3v) is 4.13. The van der Waals surface area contributed by atoms with Gasteiger partial charge in [-0.25, -0.2) is 0 Å². The van der Waals surface area contributed by atoms with Crippen LogP contribution in [0.5, 0.6) is 5.75 Å². The van der Waals surface area contributed by atoms with Crippen molar-refractivity contribution in [2.45, 2.75) is 25.7 Å². The maximum Gasteiger partial charge on any atom is 0.573 e. The summed E-state index contributed by atoms with van der Waals surface area (Å²) in [6.45, 7) is 0.0650. The predicted octanol–water partition coefficient (Wildman–Crippen LogP) is 4.24. The zero-order valence-corrected chi connectivity index (χ0v) is 13.3. The SMILES string of the molecule is CN(Cc1ccccc1OC(F)(F)F)C(=O)CCc1cccs1. The van der Waals surface area contributed by atoms with Gasteiger partial charge in [0, 0.05) is 30.5 Å². The van der Waals surface area contributed by atoms with Crippen LogP contribution in [0.25, 0.3) is 0 Å². The van der Waals surface area contributed by atoms with Crippen LogP contribution in [-0.4, -0.2) is 24.2 Å². The van der Waals surface area contributed by atoms with E-state index in [0.29, 0.717) is 18.4 Å². The maximum atomic E-state index is 12.4. The number of benzene rings is 1. The minimum absolute atomic E-state index is 0.0650. The van der Waals surface area contributed by atoms with Gasteiger partial charge in [-0.1, -0.05) is 24.3 Å². The molecule has 124 valence electrons. The molecule has 0 fully saturated rings. The molecule has 3 nitrogen and oxygen atoms in total. The molecule has 2 aromatic rings. The van der Waals surface area contributed by atoms with E-state index in [-0.39, 0.29) is 18.2 Å². The van der Waals surface area contributed by atoms with Crippen LogP contribution in [0.15, 0.2) is 41.8 Å². The number of carbonyl (C=O) groups excluding carboxylic acids is 1. The van der Waals surface area contributed by atoms with Crippen molar-refractivity contribution in [2.24, 2.45) is 0 Å². The Kier molecular flexibility index (Phi) is 5.65. The highest BCUT2D eigenvalue weighted by Crippen LogP contribution is 2.27. The molecule has 0 aliphatic rings. The lowest BCUT2D eigenvalue weighted by Gasteiger charge is -2.19. The maximum absolute atomic E-state index is 12.4. The zero-order chi connectivity index (χ0) is 16.9. The van der Waals surface area contributed by atoms with E-state index in [2.05, 4.69) is 4.74 Å². The van der Waals surface area contributed by atoms with E-state index in [0.717, 1.165) is 4.88 Å². The second-order valence-corrected chi connectivity index (χ2v) is 6.02. The molecule has 0 saturated carbocycles. The van der Waals surface area contributed by atoms with Gasteiger partial charge in [0.15, 0.2) is 0 Å². The number of ether oxygens (including phenoxy) is 1. The molecule has 0 aliphatic heterocycles. The van der Waals surface area contributed by atoms with E-state index in [1.807, 2.05) is 17.5 Å². The molecule has 0 N–H and O–H groups in total. The largest absolute Gasteiger partial charge is 0.573 e. The Hall–Kier alpha value is -2.02. The number of nitrogens with zero attached hydrogens (tertiary/aromatic N) is 1. The number of rotatable bonds is 6. The summed E-state index contributed by atoms with van der Waals surface area (Å²) in [7, 11) is 1.57. The Morgan fingerprint density at radius 1 is 1.22 bits per heavy atom. The highest BCUT2D eigenvalue weighted by Gasteiger charge is 2.32. The Labute approximate surface area is 136 Å². The summed E-state index contributed by atoms with van der Waals surface area (Å²) in [4.78, 5) is 14.6. The molecular formula is C16H16F3NO2S. The number of halogens is 3. The summed E-state index contributed by atoms with van der Waals surface area (Å²) in [6.07, 6.45) is -3.81. The van der Waals surface area contributed by atoms with Crippen molar-refractivity contribution in [3.63, 3.8) is 0 Å². The van der Waals surface area contributed by atoms with Crippen molar-refractivity contribution in [1.82, 2.24) is 4.90 Å². The molecule has 0 atom stereocenters. The number of alkyl halides is 3. The van der Waals surface area contributed by atoms with Gasteiger partial charge in [-0.15, -0.1) is 24.5 Å². The van der Waals surface area contributed by atoms with Crippen LogP contribution in [-0.2, 0) is 17.8 Å². The van der Waals surface area contributed by atoms with Gasteiger partial charge in [-0.3, -0.25) is 4.79 Å². The summed E-state index contributed by atoms with van der Waals surface area (Å²) < 4.78 is 41.2. The Morgan fingerprint density at radius 2 is 1.96 bits per heavy atom. The lowest BCUT2D eigenvalue weighted by atomic mass is 10.1.